The van der Waals surface area contributed by atoms with E-state index in [0.29, 0.717) is 5.56 Å². The number of para-hydroxylation sites is 2. The van der Waals surface area contributed by atoms with Crippen LogP contribution in [0.4, 0.5) is 10.1 Å². The maximum atomic E-state index is 13.6. The van der Waals surface area contributed by atoms with Crippen LogP contribution >= 0.6 is 0 Å². The molecule has 1 heterocycles. The molecule has 0 bridgehead atoms. The minimum atomic E-state index is -0.197. The van der Waals surface area contributed by atoms with E-state index in [-0.39, 0.29) is 11.9 Å². The van der Waals surface area contributed by atoms with E-state index < -0.39 is 0 Å². The van der Waals surface area contributed by atoms with Gasteiger partial charge in [0.25, 0.3) is 0 Å². The van der Waals surface area contributed by atoms with E-state index in [1.807, 2.05) is 44.3 Å². The number of aromatic nitrogens is 2. The first kappa shape index (κ1) is 13.6. The molecule has 0 aliphatic rings. The number of fused-ring (bicyclic) bond motifs is 1. The normalized spacial score (nSPS) is 12.6. The molecule has 1 N–H and O–H groups in total. The molecule has 0 aliphatic heterocycles. The Morgan fingerprint density at radius 2 is 1.90 bits per heavy atom. The summed E-state index contributed by atoms with van der Waals surface area (Å²) in [5.74, 6) is 0.733. The first-order valence-corrected chi connectivity index (χ1v) is 7.01. The van der Waals surface area contributed by atoms with Gasteiger partial charge >= 0.3 is 0 Å². The summed E-state index contributed by atoms with van der Waals surface area (Å²) in [7, 11) is 2.00. The Bertz CT molecular complexity index is 792. The summed E-state index contributed by atoms with van der Waals surface area (Å²) < 4.78 is 15.7. The zero-order chi connectivity index (χ0) is 15.0. The van der Waals surface area contributed by atoms with Crippen molar-refractivity contribution in [2.24, 2.45) is 7.05 Å². The van der Waals surface area contributed by atoms with Gasteiger partial charge in [-0.3, -0.25) is 0 Å². The Balaban J connectivity index is 1.95. The van der Waals surface area contributed by atoms with E-state index in [2.05, 4.69) is 14.9 Å². The van der Waals surface area contributed by atoms with Gasteiger partial charge in [-0.2, -0.15) is 0 Å². The molecule has 108 valence electrons. The van der Waals surface area contributed by atoms with Crippen LogP contribution in [0.1, 0.15) is 24.4 Å². The summed E-state index contributed by atoms with van der Waals surface area (Å²) in [5, 5.41) is 3.35. The maximum absolute atomic E-state index is 13.6. The van der Waals surface area contributed by atoms with Crippen LogP contribution < -0.4 is 5.32 Å². The van der Waals surface area contributed by atoms with Gasteiger partial charge in [-0.05, 0) is 38.1 Å². The molecule has 2 aromatic carbocycles. The van der Waals surface area contributed by atoms with Gasteiger partial charge in [0.2, 0.25) is 0 Å². The minimum absolute atomic E-state index is 0.0112. The highest BCUT2D eigenvalue weighted by Gasteiger charge is 2.15. The molecule has 3 nitrogen and oxygen atoms in total. The summed E-state index contributed by atoms with van der Waals surface area (Å²) in [6.07, 6.45) is 0. The molecule has 4 heteroatoms. The van der Waals surface area contributed by atoms with Crippen LogP contribution in [0, 0.1) is 12.7 Å². The van der Waals surface area contributed by atoms with Crippen molar-refractivity contribution in [3.63, 3.8) is 0 Å². The molecule has 0 radical (unpaired) electrons. The molecule has 1 atom stereocenters. The fraction of sp³-hybridized carbons (Fsp3) is 0.235. The summed E-state index contributed by atoms with van der Waals surface area (Å²) in [6.45, 7) is 3.81. The third-order valence-electron chi connectivity index (χ3n) is 3.85. The highest BCUT2D eigenvalue weighted by atomic mass is 19.1. The molecule has 0 fully saturated rings. The van der Waals surface area contributed by atoms with Gasteiger partial charge in [0, 0.05) is 18.3 Å². The molecule has 0 saturated carbocycles. The van der Waals surface area contributed by atoms with Crippen LogP contribution in [0.2, 0.25) is 0 Å². The quantitative estimate of drug-likeness (QED) is 0.781. The first-order valence-electron chi connectivity index (χ1n) is 7.01. The van der Waals surface area contributed by atoms with Crippen molar-refractivity contribution in [3.8, 4) is 0 Å². The predicted octanol–water partition coefficient (Wildman–Crippen LogP) is 4.19. The topological polar surface area (TPSA) is 29.9 Å². The molecule has 0 spiro atoms. The van der Waals surface area contributed by atoms with Gasteiger partial charge in [0.05, 0.1) is 17.1 Å². The Hall–Kier alpha value is -2.36. The number of hydrogen-bond donors (Lipinski definition) is 1. The van der Waals surface area contributed by atoms with Crippen LogP contribution in [0.15, 0.2) is 42.5 Å². The third-order valence-corrected chi connectivity index (χ3v) is 3.85. The first-order chi connectivity index (χ1) is 10.1. The number of halogens is 1. The molecule has 3 rings (SSSR count). The Labute approximate surface area is 123 Å². The van der Waals surface area contributed by atoms with Crippen molar-refractivity contribution in [2.45, 2.75) is 19.9 Å². The van der Waals surface area contributed by atoms with Crippen molar-refractivity contribution in [2.75, 3.05) is 5.32 Å². The van der Waals surface area contributed by atoms with Crippen molar-refractivity contribution in [1.82, 2.24) is 9.55 Å². The van der Waals surface area contributed by atoms with Crippen LogP contribution in [0.3, 0.4) is 0 Å². The van der Waals surface area contributed by atoms with E-state index in [0.717, 1.165) is 22.5 Å². The van der Waals surface area contributed by atoms with E-state index in [1.54, 1.807) is 13.0 Å². The summed E-state index contributed by atoms with van der Waals surface area (Å²) in [6, 6.07) is 13.1. The maximum Gasteiger partial charge on any atom is 0.131 e. The molecule has 21 heavy (non-hydrogen) atoms. The number of benzene rings is 2. The van der Waals surface area contributed by atoms with Crippen molar-refractivity contribution in [3.05, 3.63) is 59.7 Å². The van der Waals surface area contributed by atoms with Crippen LogP contribution in [0.5, 0.6) is 0 Å². The zero-order valence-corrected chi connectivity index (χ0v) is 12.4. The summed E-state index contributed by atoms with van der Waals surface area (Å²) >= 11 is 0. The Morgan fingerprint density at radius 1 is 1.14 bits per heavy atom. The van der Waals surface area contributed by atoms with Crippen LogP contribution in [-0.4, -0.2) is 9.55 Å². The van der Waals surface area contributed by atoms with Crippen molar-refractivity contribution < 1.29 is 4.39 Å². The van der Waals surface area contributed by atoms with Gasteiger partial charge in [-0.25, -0.2) is 9.37 Å². The minimum Gasteiger partial charge on any atom is -0.375 e. The van der Waals surface area contributed by atoms with Gasteiger partial charge in [-0.15, -0.1) is 0 Å². The van der Waals surface area contributed by atoms with E-state index in [9.17, 15) is 4.39 Å². The largest absolute Gasteiger partial charge is 0.375 e. The Morgan fingerprint density at radius 3 is 2.67 bits per heavy atom. The number of hydrogen-bond acceptors (Lipinski definition) is 2. The highest BCUT2D eigenvalue weighted by Crippen LogP contribution is 2.25. The lowest BCUT2D eigenvalue weighted by Gasteiger charge is -2.17. The molecule has 0 saturated heterocycles. The second-order valence-electron chi connectivity index (χ2n) is 5.30. The second-order valence-corrected chi connectivity index (χ2v) is 5.30. The lowest BCUT2D eigenvalue weighted by Crippen LogP contribution is -2.13. The van der Waals surface area contributed by atoms with Crippen LogP contribution in [-0.2, 0) is 7.05 Å². The molecular weight excluding hydrogens is 265 g/mol. The predicted molar refractivity (Wildman–Crippen MR) is 83.9 cm³/mol. The van der Waals surface area contributed by atoms with Gasteiger partial charge in [-0.1, -0.05) is 18.2 Å². The van der Waals surface area contributed by atoms with Gasteiger partial charge < -0.3 is 9.88 Å². The number of anilines is 1. The number of rotatable bonds is 3. The van der Waals surface area contributed by atoms with E-state index in [1.165, 1.54) is 6.07 Å². The molecule has 1 unspecified atom stereocenters. The third kappa shape index (κ3) is 2.37. The highest BCUT2D eigenvalue weighted by molar-refractivity contribution is 5.76. The SMILES string of the molecule is Cc1c(F)cccc1NC(C)c1nc2ccccc2n1C. The number of imidazole rings is 1. The second kappa shape index (κ2) is 5.20. The Kier molecular flexibility index (Phi) is 3.37. The lowest BCUT2D eigenvalue weighted by atomic mass is 10.1. The average molecular weight is 283 g/mol. The van der Waals surface area contributed by atoms with Gasteiger partial charge in [0.15, 0.2) is 0 Å². The number of aryl methyl sites for hydroxylation is 1. The number of nitrogens with one attached hydrogen (secondary N) is 1. The fourth-order valence-corrected chi connectivity index (χ4v) is 2.61. The average Bonchev–Trinajstić information content (AvgIpc) is 2.82. The summed E-state index contributed by atoms with van der Waals surface area (Å²) in [5.41, 5.74) is 3.49. The fourth-order valence-electron chi connectivity index (χ4n) is 2.61. The van der Waals surface area contributed by atoms with Crippen LogP contribution in [0.25, 0.3) is 11.0 Å². The summed E-state index contributed by atoms with van der Waals surface area (Å²) in [4.78, 5) is 4.67. The molecule has 3 aromatic rings. The lowest BCUT2D eigenvalue weighted by molar-refractivity contribution is 0.618. The number of nitrogens with zero attached hydrogens (tertiary/aromatic N) is 2. The van der Waals surface area contributed by atoms with Crippen molar-refractivity contribution in [1.29, 1.82) is 0 Å². The van der Waals surface area contributed by atoms with E-state index >= 15 is 0 Å². The van der Waals surface area contributed by atoms with E-state index in [4.69, 9.17) is 0 Å². The van der Waals surface area contributed by atoms with Crippen molar-refractivity contribution >= 4 is 16.7 Å². The smallest absolute Gasteiger partial charge is 0.131 e. The molecule has 0 amide bonds. The molecule has 1 aromatic heterocycles. The standard InChI is InChI=1S/C17H18FN3/c1-11-13(18)7-6-9-14(11)19-12(2)17-20-15-8-4-5-10-16(15)21(17)3/h4-10,12,19H,1-3H3. The monoisotopic (exact) mass is 283 g/mol. The molecule has 0 aliphatic carbocycles. The molecular formula is C17H18FN3. The zero-order valence-electron chi connectivity index (χ0n) is 12.4. The van der Waals surface area contributed by atoms with Gasteiger partial charge in [0.1, 0.15) is 11.6 Å².